The van der Waals surface area contributed by atoms with E-state index in [0.29, 0.717) is 41.0 Å². The summed E-state index contributed by atoms with van der Waals surface area (Å²) < 4.78 is 12.5. The lowest BCUT2D eigenvalue weighted by atomic mass is 9.81. The van der Waals surface area contributed by atoms with Crippen molar-refractivity contribution in [3.05, 3.63) is 55.5 Å². The average molecular weight is 504 g/mol. The molecular weight excluding hydrogens is 474 g/mol. The number of rotatable bonds is 5. The average Bonchev–Trinajstić information content (AvgIpc) is 3.15. The number of carbonyl (C=O) groups is 2. The number of benzene rings is 1. The predicted molar refractivity (Wildman–Crippen MR) is 130 cm³/mol. The van der Waals surface area contributed by atoms with Crippen LogP contribution in [0.1, 0.15) is 65.3 Å². The summed E-state index contributed by atoms with van der Waals surface area (Å²) in [5.74, 6) is -0.471. The summed E-state index contributed by atoms with van der Waals surface area (Å²) >= 11 is 6.51. The Bertz CT molecular complexity index is 1230. The van der Waals surface area contributed by atoms with Gasteiger partial charge in [0.15, 0.2) is 11.5 Å². The Morgan fingerprint density at radius 2 is 1.80 bits per heavy atom. The summed E-state index contributed by atoms with van der Waals surface area (Å²) in [5, 5.41) is 14.6. The van der Waals surface area contributed by atoms with Gasteiger partial charge >= 0.3 is 6.09 Å². The van der Waals surface area contributed by atoms with Crippen LogP contribution in [0.3, 0.4) is 0 Å². The van der Waals surface area contributed by atoms with Crippen molar-refractivity contribution in [3.63, 3.8) is 0 Å². The van der Waals surface area contributed by atoms with Crippen molar-refractivity contribution in [1.82, 2.24) is 15.6 Å². The highest BCUT2D eigenvalue weighted by atomic mass is 35.5. The fourth-order valence-electron chi connectivity index (χ4n) is 5.05. The van der Waals surface area contributed by atoms with Gasteiger partial charge in [-0.25, -0.2) is 4.79 Å². The Balaban J connectivity index is 1.49. The molecule has 10 heteroatoms. The maximum absolute atomic E-state index is 13.0. The van der Waals surface area contributed by atoms with E-state index in [2.05, 4.69) is 15.6 Å². The number of amides is 2. The van der Waals surface area contributed by atoms with Gasteiger partial charge in [0.1, 0.15) is 0 Å². The molecule has 188 valence electrons. The highest BCUT2D eigenvalue weighted by molar-refractivity contribution is 6.33. The van der Waals surface area contributed by atoms with E-state index >= 15 is 0 Å². The molecular formula is C25H30ClN3O6. The number of aromatic amines is 1. The van der Waals surface area contributed by atoms with E-state index in [4.69, 9.17) is 26.2 Å². The Kier molecular flexibility index (Phi) is 6.73. The third-order valence-electron chi connectivity index (χ3n) is 7.01. The minimum atomic E-state index is -1.02. The number of nitrogens with one attached hydrogen (secondary N) is 3. The van der Waals surface area contributed by atoms with Gasteiger partial charge in [-0.1, -0.05) is 11.6 Å². The first-order valence-electron chi connectivity index (χ1n) is 11.7. The summed E-state index contributed by atoms with van der Waals surface area (Å²) in [7, 11) is 0. The van der Waals surface area contributed by atoms with Gasteiger partial charge in [-0.05, 0) is 64.2 Å². The molecule has 2 heterocycles. The Morgan fingerprint density at radius 3 is 2.43 bits per heavy atom. The van der Waals surface area contributed by atoms with Crippen molar-refractivity contribution >= 4 is 23.6 Å². The summed E-state index contributed by atoms with van der Waals surface area (Å²) in [6, 6.07) is 3.33. The highest BCUT2D eigenvalue weighted by Gasteiger charge is 2.47. The third kappa shape index (κ3) is 4.96. The molecule has 1 aromatic carbocycles. The van der Waals surface area contributed by atoms with E-state index in [1.54, 1.807) is 19.9 Å². The first-order chi connectivity index (χ1) is 16.5. The normalized spacial score (nSPS) is 23.1. The number of pyridine rings is 1. The van der Waals surface area contributed by atoms with Crippen LogP contribution in [-0.2, 0) is 6.54 Å². The molecule has 1 saturated carbocycles. The van der Waals surface area contributed by atoms with Crippen LogP contribution in [-0.4, -0.2) is 33.9 Å². The molecule has 1 atom stereocenters. The smallest absolute Gasteiger partial charge is 0.404 e. The van der Waals surface area contributed by atoms with Gasteiger partial charge in [-0.15, -0.1) is 0 Å². The first kappa shape index (κ1) is 24.9. The van der Waals surface area contributed by atoms with Gasteiger partial charge in [0.2, 0.25) is 0 Å². The molecule has 2 aromatic rings. The van der Waals surface area contributed by atoms with Gasteiger partial charge in [0, 0.05) is 47.8 Å². The van der Waals surface area contributed by atoms with E-state index in [1.165, 1.54) is 0 Å². The molecule has 0 spiro atoms. The monoisotopic (exact) mass is 503 g/mol. The zero-order chi connectivity index (χ0) is 25.5. The lowest BCUT2D eigenvalue weighted by molar-refractivity contribution is -0.121. The quantitative estimate of drug-likeness (QED) is 0.484. The zero-order valence-corrected chi connectivity index (χ0v) is 21.0. The van der Waals surface area contributed by atoms with E-state index in [1.807, 2.05) is 19.9 Å². The second-order valence-corrected chi connectivity index (χ2v) is 9.94. The van der Waals surface area contributed by atoms with Gasteiger partial charge < -0.3 is 30.2 Å². The topological polar surface area (TPSA) is 130 Å². The largest absolute Gasteiger partial charge is 0.465 e. The van der Waals surface area contributed by atoms with Crippen LogP contribution >= 0.6 is 11.6 Å². The molecule has 1 fully saturated rings. The summed E-state index contributed by atoms with van der Waals surface area (Å²) in [5.41, 5.74) is 2.77. The maximum atomic E-state index is 13.0. The zero-order valence-electron chi connectivity index (χ0n) is 20.2. The van der Waals surface area contributed by atoms with Crippen LogP contribution in [0.15, 0.2) is 16.9 Å². The van der Waals surface area contributed by atoms with Crippen LogP contribution in [0.2, 0.25) is 5.02 Å². The van der Waals surface area contributed by atoms with Crippen molar-refractivity contribution in [2.45, 2.75) is 71.8 Å². The number of aryl methyl sites for hydroxylation is 2. The summed E-state index contributed by atoms with van der Waals surface area (Å²) in [6.07, 6.45) is 1.81. The Labute approximate surface area is 208 Å². The van der Waals surface area contributed by atoms with Crippen LogP contribution in [0.25, 0.3) is 0 Å². The molecule has 1 aliphatic carbocycles. The third-order valence-corrected chi connectivity index (χ3v) is 7.29. The second kappa shape index (κ2) is 9.45. The number of aromatic nitrogens is 1. The summed E-state index contributed by atoms with van der Waals surface area (Å²) in [6.45, 7) is 7.35. The SMILES string of the molecule is Cc1cc(C)c(CNC(=O)c2cc(Cl)c3c(c2C)O[C@@](C)(C2CCC(NC(=O)O)CC2)O3)c(=O)[nH]1. The Morgan fingerprint density at radius 1 is 1.14 bits per heavy atom. The van der Waals surface area contributed by atoms with Crippen LogP contribution in [0.5, 0.6) is 11.5 Å². The molecule has 1 aromatic heterocycles. The van der Waals surface area contributed by atoms with Crippen molar-refractivity contribution in [2.24, 2.45) is 5.92 Å². The minimum Gasteiger partial charge on any atom is -0.465 e. The van der Waals surface area contributed by atoms with Crippen LogP contribution < -0.4 is 25.7 Å². The fourth-order valence-corrected chi connectivity index (χ4v) is 5.28. The van der Waals surface area contributed by atoms with E-state index in [9.17, 15) is 14.4 Å². The number of fused-ring (bicyclic) bond motifs is 1. The van der Waals surface area contributed by atoms with Crippen molar-refractivity contribution in [3.8, 4) is 11.5 Å². The predicted octanol–water partition coefficient (Wildman–Crippen LogP) is 4.20. The molecule has 35 heavy (non-hydrogen) atoms. The van der Waals surface area contributed by atoms with Gasteiger partial charge in [-0.2, -0.15) is 0 Å². The fraction of sp³-hybridized carbons (Fsp3) is 0.480. The van der Waals surface area contributed by atoms with Crippen molar-refractivity contribution < 1.29 is 24.2 Å². The minimum absolute atomic E-state index is 0.0331. The number of halogens is 1. The lowest BCUT2D eigenvalue weighted by Gasteiger charge is -2.37. The molecule has 0 bridgehead atoms. The number of ether oxygens (including phenoxy) is 2. The van der Waals surface area contributed by atoms with E-state index in [-0.39, 0.29) is 35.0 Å². The number of carboxylic acid groups (broad SMARTS) is 1. The molecule has 1 aliphatic heterocycles. The molecule has 4 rings (SSSR count). The lowest BCUT2D eigenvalue weighted by Crippen LogP contribution is -2.47. The molecule has 0 radical (unpaired) electrons. The number of hydrogen-bond acceptors (Lipinski definition) is 5. The number of carbonyl (C=O) groups excluding carboxylic acids is 1. The number of hydrogen-bond donors (Lipinski definition) is 4. The molecule has 2 aliphatic rings. The number of H-pyrrole nitrogens is 1. The second-order valence-electron chi connectivity index (χ2n) is 9.53. The van der Waals surface area contributed by atoms with Crippen molar-refractivity contribution in [1.29, 1.82) is 0 Å². The van der Waals surface area contributed by atoms with Gasteiger partial charge in [0.05, 0.1) is 5.02 Å². The summed E-state index contributed by atoms with van der Waals surface area (Å²) in [4.78, 5) is 39.0. The molecule has 2 amide bonds. The Hall–Kier alpha value is -3.20. The standard InChI is InChI=1S/C25H30ClN3O6/c1-12-9-13(2)28-23(31)18(12)11-27-22(30)17-10-19(26)21-20(14(17)3)34-25(4,35-21)15-5-7-16(8-6-15)29-24(32)33/h9-10,15-16,29H,5-8,11H2,1-4H3,(H,27,30)(H,28,31)(H,32,33)/t15?,16?,25-/m1/s1. The van der Waals surface area contributed by atoms with Crippen molar-refractivity contribution in [2.75, 3.05) is 0 Å². The van der Waals surface area contributed by atoms with Crippen LogP contribution in [0.4, 0.5) is 4.79 Å². The first-order valence-corrected chi connectivity index (χ1v) is 12.0. The van der Waals surface area contributed by atoms with E-state index in [0.717, 1.165) is 24.1 Å². The van der Waals surface area contributed by atoms with E-state index < -0.39 is 11.9 Å². The molecule has 0 unspecified atom stereocenters. The molecule has 0 saturated heterocycles. The molecule has 9 nitrogen and oxygen atoms in total. The highest BCUT2D eigenvalue weighted by Crippen LogP contribution is 2.51. The molecule has 4 N–H and O–H groups in total. The van der Waals surface area contributed by atoms with Gasteiger partial charge in [0.25, 0.3) is 17.3 Å². The van der Waals surface area contributed by atoms with Gasteiger partial charge in [-0.3, -0.25) is 9.59 Å². The maximum Gasteiger partial charge on any atom is 0.404 e. The van der Waals surface area contributed by atoms with Crippen LogP contribution in [0, 0.1) is 26.7 Å².